The Balaban J connectivity index is 2.27. The molecule has 22 heavy (non-hydrogen) atoms. The van der Waals surface area contributed by atoms with Gasteiger partial charge in [-0.15, -0.1) is 0 Å². The molecule has 0 aliphatic carbocycles. The van der Waals surface area contributed by atoms with E-state index in [4.69, 9.17) is 15.0 Å². The molecule has 1 saturated heterocycles. The molecule has 2 rings (SSSR count). The summed E-state index contributed by atoms with van der Waals surface area (Å²) < 4.78 is 12.2. The van der Waals surface area contributed by atoms with Gasteiger partial charge in [-0.1, -0.05) is 44.2 Å². The second-order valence-corrected chi connectivity index (χ2v) is 7.34. The highest BCUT2D eigenvalue weighted by Gasteiger charge is 2.52. The fourth-order valence-corrected chi connectivity index (χ4v) is 2.44. The summed E-state index contributed by atoms with van der Waals surface area (Å²) >= 11 is 0. The SMILES string of the molecule is CC(C)c1cccc(C=C(CN)B2OC(C)(C)C(C)(C)O2)c1. The highest BCUT2D eigenvalue weighted by Crippen LogP contribution is 2.38. The summed E-state index contributed by atoms with van der Waals surface area (Å²) in [5.74, 6) is 0.506. The third kappa shape index (κ3) is 3.45. The van der Waals surface area contributed by atoms with Crippen molar-refractivity contribution in [1.82, 2.24) is 0 Å². The van der Waals surface area contributed by atoms with E-state index in [1.54, 1.807) is 0 Å². The lowest BCUT2D eigenvalue weighted by Gasteiger charge is -2.32. The van der Waals surface area contributed by atoms with E-state index >= 15 is 0 Å². The molecule has 120 valence electrons. The van der Waals surface area contributed by atoms with Crippen molar-refractivity contribution in [2.75, 3.05) is 6.54 Å². The summed E-state index contributed by atoms with van der Waals surface area (Å²) in [6.45, 7) is 13.0. The van der Waals surface area contributed by atoms with Crippen molar-refractivity contribution in [2.45, 2.75) is 58.7 Å². The molecule has 0 unspecified atom stereocenters. The van der Waals surface area contributed by atoms with Gasteiger partial charge < -0.3 is 15.0 Å². The maximum atomic E-state index is 6.10. The number of hydrogen-bond acceptors (Lipinski definition) is 3. The molecule has 0 aromatic heterocycles. The normalized spacial score (nSPS) is 20.7. The Bertz CT molecular complexity index is 548. The van der Waals surface area contributed by atoms with Crippen molar-refractivity contribution in [3.8, 4) is 0 Å². The van der Waals surface area contributed by atoms with Gasteiger partial charge >= 0.3 is 7.12 Å². The Kier molecular flexibility index (Phi) is 4.86. The highest BCUT2D eigenvalue weighted by molar-refractivity contribution is 6.55. The van der Waals surface area contributed by atoms with Gasteiger partial charge in [-0.3, -0.25) is 0 Å². The van der Waals surface area contributed by atoms with Gasteiger partial charge in [0.05, 0.1) is 11.2 Å². The summed E-state index contributed by atoms with van der Waals surface area (Å²) in [6.07, 6.45) is 2.09. The van der Waals surface area contributed by atoms with E-state index in [0.717, 1.165) is 11.0 Å². The van der Waals surface area contributed by atoms with E-state index in [1.807, 2.05) is 0 Å². The van der Waals surface area contributed by atoms with Crippen LogP contribution in [0.15, 0.2) is 29.7 Å². The Morgan fingerprint density at radius 3 is 2.27 bits per heavy atom. The van der Waals surface area contributed by atoms with E-state index in [1.165, 1.54) is 5.56 Å². The molecule has 1 fully saturated rings. The van der Waals surface area contributed by atoms with Crippen LogP contribution in [0, 0.1) is 0 Å². The van der Waals surface area contributed by atoms with Crippen LogP contribution in [0.3, 0.4) is 0 Å². The first kappa shape index (κ1) is 17.3. The lowest BCUT2D eigenvalue weighted by atomic mass is 9.77. The Hall–Kier alpha value is -1.10. The zero-order valence-electron chi connectivity index (χ0n) is 14.6. The van der Waals surface area contributed by atoms with Crippen LogP contribution in [0.25, 0.3) is 6.08 Å². The van der Waals surface area contributed by atoms with Gasteiger partial charge in [0, 0.05) is 6.54 Å². The van der Waals surface area contributed by atoms with Crippen LogP contribution in [0.5, 0.6) is 0 Å². The van der Waals surface area contributed by atoms with E-state index in [0.29, 0.717) is 12.5 Å². The molecule has 1 heterocycles. The average Bonchev–Trinajstić information content (AvgIpc) is 2.65. The minimum atomic E-state index is -0.377. The van der Waals surface area contributed by atoms with Gasteiger partial charge in [0.1, 0.15) is 0 Å². The van der Waals surface area contributed by atoms with E-state index < -0.39 is 0 Å². The third-order valence-electron chi connectivity index (χ3n) is 4.72. The smallest absolute Gasteiger partial charge is 0.400 e. The fourth-order valence-electron chi connectivity index (χ4n) is 2.44. The zero-order chi connectivity index (χ0) is 16.5. The van der Waals surface area contributed by atoms with Gasteiger partial charge in [0.15, 0.2) is 0 Å². The van der Waals surface area contributed by atoms with Crippen LogP contribution in [0.1, 0.15) is 58.6 Å². The molecule has 4 heteroatoms. The Morgan fingerprint density at radius 1 is 1.18 bits per heavy atom. The number of hydrogen-bond donors (Lipinski definition) is 1. The summed E-state index contributed by atoms with van der Waals surface area (Å²) in [4.78, 5) is 0. The van der Waals surface area contributed by atoms with Gasteiger partial charge in [-0.25, -0.2) is 0 Å². The van der Waals surface area contributed by atoms with Crippen molar-refractivity contribution < 1.29 is 9.31 Å². The van der Waals surface area contributed by atoms with E-state index in [-0.39, 0.29) is 18.3 Å². The van der Waals surface area contributed by atoms with Crippen LogP contribution in [0.2, 0.25) is 0 Å². The molecule has 1 aliphatic rings. The van der Waals surface area contributed by atoms with Crippen LogP contribution in [0.4, 0.5) is 0 Å². The molecule has 0 bridgehead atoms. The van der Waals surface area contributed by atoms with Crippen LogP contribution < -0.4 is 5.73 Å². The predicted octanol–water partition coefficient (Wildman–Crippen LogP) is 3.78. The molecule has 0 radical (unpaired) electrons. The molecule has 1 aromatic rings. The summed E-state index contributed by atoms with van der Waals surface area (Å²) in [7, 11) is -0.377. The van der Waals surface area contributed by atoms with Gasteiger partial charge in [0.25, 0.3) is 0 Å². The van der Waals surface area contributed by atoms with Crippen LogP contribution in [-0.2, 0) is 9.31 Å². The largest absolute Gasteiger partial charge is 0.491 e. The molecule has 0 spiro atoms. The molecule has 2 N–H and O–H groups in total. The van der Waals surface area contributed by atoms with Gasteiger partial charge in [0.2, 0.25) is 0 Å². The second kappa shape index (κ2) is 6.19. The standard InChI is InChI=1S/C18H28BNO2/c1-13(2)15-9-7-8-14(10-15)11-16(12-20)19-21-17(3,4)18(5,6)22-19/h7-11,13H,12,20H2,1-6H3. The molecule has 0 saturated carbocycles. The molecular weight excluding hydrogens is 273 g/mol. The van der Waals surface area contributed by atoms with Gasteiger partial charge in [-0.2, -0.15) is 0 Å². The monoisotopic (exact) mass is 301 g/mol. The first-order chi connectivity index (χ1) is 10.2. The van der Waals surface area contributed by atoms with Crippen molar-refractivity contribution >= 4 is 13.2 Å². The molecule has 1 aliphatic heterocycles. The molecular formula is C18H28BNO2. The van der Waals surface area contributed by atoms with Crippen LogP contribution in [-0.4, -0.2) is 24.9 Å². The highest BCUT2D eigenvalue weighted by atomic mass is 16.7. The second-order valence-electron chi connectivity index (χ2n) is 7.34. The quantitative estimate of drug-likeness (QED) is 0.861. The van der Waals surface area contributed by atoms with Crippen molar-refractivity contribution in [3.63, 3.8) is 0 Å². The molecule has 3 nitrogen and oxygen atoms in total. The average molecular weight is 301 g/mol. The summed E-state index contributed by atoms with van der Waals surface area (Å²) in [5.41, 5.74) is 8.69. The Labute approximate surface area is 135 Å². The number of benzene rings is 1. The Morgan fingerprint density at radius 2 is 1.77 bits per heavy atom. The lowest BCUT2D eigenvalue weighted by molar-refractivity contribution is 0.00578. The lowest BCUT2D eigenvalue weighted by Crippen LogP contribution is -2.41. The van der Waals surface area contributed by atoms with Crippen LogP contribution >= 0.6 is 0 Å². The van der Waals surface area contributed by atoms with Crippen molar-refractivity contribution in [2.24, 2.45) is 5.73 Å². The zero-order valence-corrected chi connectivity index (χ0v) is 14.6. The third-order valence-corrected chi connectivity index (χ3v) is 4.72. The van der Waals surface area contributed by atoms with Crippen molar-refractivity contribution in [3.05, 3.63) is 40.9 Å². The minimum Gasteiger partial charge on any atom is -0.400 e. The first-order valence-corrected chi connectivity index (χ1v) is 8.02. The minimum absolute atomic E-state index is 0.342. The predicted molar refractivity (Wildman–Crippen MR) is 93.6 cm³/mol. The topological polar surface area (TPSA) is 44.5 Å². The maximum Gasteiger partial charge on any atom is 0.491 e. The van der Waals surface area contributed by atoms with E-state index in [2.05, 4.69) is 71.9 Å². The number of rotatable bonds is 4. The molecule has 0 amide bonds. The van der Waals surface area contributed by atoms with Crippen molar-refractivity contribution in [1.29, 1.82) is 0 Å². The van der Waals surface area contributed by atoms with Gasteiger partial charge in [-0.05, 0) is 50.2 Å². The van der Waals surface area contributed by atoms with E-state index in [9.17, 15) is 0 Å². The molecule has 1 aromatic carbocycles. The molecule has 0 atom stereocenters. The maximum absolute atomic E-state index is 6.10. The summed E-state index contributed by atoms with van der Waals surface area (Å²) in [5, 5.41) is 0. The summed E-state index contributed by atoms with van der Waals surface area (Å²) in [6, 6.07) is 8.52. The fraction of sp³-hybridized carbons (Fsp3) is 0.556. The first-order valence-electron chi connectivity index (χ1n) is 8.02. The number of nitrogens with two attached hydrogens (primary N) is 1.